The second-order valence-electron chi connectivity index (χ2n) is 16.2. The number of nitrogens with zero attached hydrogens (tertiary/aromatic N) is 1. The van der Waals surface area contributed by atoms with Crippen molar-refractivity contribution in [1.82, 2.24) is 0 Å². The molecule has 3 saturated heterocycles. The topological polar surface area (TPSA) is 141 Å². The van der Waals surface area contributed by atoms with Crippen LogP contribution in [0.3, 0.4) is 0 Å². The number of carbonyl (C=O) groups is 1. The lowest BCUT2D eigenvalue weighted by molar-refractivity contribution is -0.335. The molecule has 0 saturated carbocycles. The summed E-state index contributed by atoms with van der Waals surface area (Å²) < 4.78 is 57.7. The second kappa shape index (κ2) is 16.3. The molecule has 0 amide bonds. The van der Waals surface area contributed by atoms with Gasteiger partial charge < -0.3 is 33.9 Å². The van der Waals surface area contributed by atoms with Crippen LogP contribution in [-0.4, -0.2) is 99.1 Å². The molecule has 6 rings (SSSR count). The minimum Gasteiger partial charge on any atom is -0.462 e. The summed E-state index contributed by atoms with van der Waals surface area (Å²) in [5.41, 5.74) is 1.93. The first-order valence-electron chi connectivity index (χ1n) is 19.5. The molecule has 3 fully saturated rings. The number of hydrogen-bond acceptors (Lipinski definition) is 10. The lowest BCUT2D eigenvalue weighted by Crippen LogP contribution is -2.58. The quantitative estimate of drug-likeness (QED) is 0.268. The maximum absolute atomic E-state index is 14.2. The number of allylic oxidation sites excluding steroid dienone is 2. The molecule has 4 heterocycles. The summed E-state index contributed by atoms with van der Waals surface area (Å²) in [4.78, 5) is 14.2. The normalized spacial score (nSPS) is 37.5. The van der Waals surface area contributed by atoms with Gasteiger partial charge in [0.2, 0.25) is 10.0 Å². The number of carbonyl (C=O) groups excluding carboxylic acids is 1. The molecule has 54 heavy (non-hydrogen) atoms. The van der Waals surface area contributed by atoms with Crippen molar-refractivity contribution in [3.63, 3.8) is 0 Å². The van der Waals surface area contributed by atoms with Crippen LogP contribution in [0.15, 0.2) is 71.4 Å². The Balaban J connectivity index is 1.30. The van der Waals surface area contributed by atoms with Gasteiger partial charge in [0.1, 0.15) is 29.8 Å². The Labute approximate surface area is 321 Å². The zero-order valence-corrected chi connectivity index (χ0v) is 33.6. The molecule has 1 aromatic carbocycles. The molecule has 5 aliphatic rings. The van der Waals surface area contributed by atoms with E-state index >= 15 is 0 Å². The molecule has 2 bridgehead atoms. The number of sulfonamides is 1. The van der Waals surface area contributed by atoms with Gasteiger partial charge in [-0.3, -0.25) is 9.10 Å². The molecule has 0 unspecified atom stereocenters. The molecule has 1 aromatic rings. The van der Waals surface area contributed by atoms with Crippen molar-refractivity contribution in [2.45, 2.75) is 128 Å². The monoisotopic (exact) mass is 769 g/mol. The third-order valence-electron chi connectivity index (χ3n) is 12.2. The van der Waals surface area contributed by atoms with E-state index in [1.54, 1.807) is 31.2 Å². The molecule has 1 spiro atoms. The summed E-state index contributed by atoms with van der Waals surface area (Å²) in [6.07, 6.45) is 12.1. The molecule has 1 aliphatic carbocycles. The van der Waals surface area contributed by atoms with Gasteiger partial charge in [-0.15, -0.1) is 0 Å². The summed E-state index contributed by atoms with van der Waals surface area (Å²) >= 11 is 0. The van der Waals surface area contributed by atoms with E-state index in [1.807, 2.05) is 24.3 Å². The molecule has 4 aliphatic heterocycles. The number of rotatable bonds is 7. The van der Waals surface area contributed by atoms with Crippen molar-refractivity contribution >= 4 is 21.7 Å². The first-order chi connectivity index (χ1) is 25.5. The molecule has 2 N–H and O–H groups in total. The molecule has 0 aromatic heterocycles. The smallest absolute Gasteiger partial charge is 0.316 e. The van der Waals surface area contributed by atoms with Gasteiger partial charge in [-0.1, -0.05) is 63.3 Å². The Morgan fingerprint density at radius 3 is 2.52 bits per heavy atom. The Morgan fingerprint density at radius 1 is 1.07 bits per heavy atom. The maximum Gasteiger partial charge on any atom is 0.316 e. The van der Waals surface area contributed by atoms with Gasteiger partial charge in [-0.05, 0) is 79.9 Å². The van der Waals surface area contributed by atoms with E-state index in [2.05, 4.69) is 33.8 Å². The Kier molecular flexibility index (Phi) is 12.3. The third-order valence-corrected chi connectivity index (χ3v) is 13.4. The van der Waals surface area contributed by atoms with Crippen molar-refractivity contribution in [1.29, 1.82) is 0 Å². The van der Waals surface area contributed by atoms with Crippen LogP contribution in [-0.2, 0) is 44.9 Å². The average molecular weight is 770 g/mol. The van der Waals surface area contributed by atoms with E-state index in [0.717, 1.165) is 24.0 Å². The lowest BCUT2D eigenvalue weighted by Gasteiger charge is -2.50. The Hall–Kier alpha value is -2.84. The van der Waals surface area contributed by atoms with E-state index in [1.165, 1.54) is 17.6 Å². The number of esters is 1. The van der Waals surface area contributed by atoms with Gasteiger partial charge in [0, 0.05) is 32.2 Å². The van der Waals surface area contributed by atoms with Gasteiger partial charge in [0.05, 0.1) is 43.5 Å². The zero-order valence-electron chi connectivity index (χ0n) is 32.8. The zero-order chi connectivity index (χ0) is 39.0. The van der Waals surface area contributed by atoms with E-state index in [0.29, 0.717) is 61.5 Å². The van der Waals surface area contributed by atoms with Crippen molar-refractivity contribution in [2.24, 2.45) is 17.8 Å². The predicted octanol–water partition coefficient (Wildman–Crippen LogP) is 5.56. The maximum atomic E-state index is 14.2. The molecule has 11 atom stereocenters. The number of anilines is 1. The number of aliphatic hydroxyl groups excluding tert-OH is 1. The fraction of sp³-hybridized carbons (Fsp3) is 0.643. The van der Waals surface area contributed by atoms with Crippen LogP contribution in [0.5, 0.6) is 0 Å². The first kappa shape index (κ1) is 40.8. The van der Waals surface area contributed by atoms with Gasteiger partial charge in [-0.2, -0.15) is 0 Å². The highest BCUT2D eigenvalue weighted by Gasteiger charge is 2.60. The molecule has 298 valence electrons. The van der Waals surface area contributed by atoms with Crippen LogP contribution >= 0.6 is 0 Å². The van der Waals surface area contributed by atoms with Gasteiger partial charge in [-0.25, -0.2) is 8.42 Å². The number of ether oxygens (including phenoxy) is 5. The van der Waals surface area contributed by atoms with Crippen LogP contribution in [0.25, 0.3) is 0 Å². The van der Waals surface area contributed by atoms with Gasteiger partial charge in [0.15, 0.2) is 5.79 Å². The van der Waals surface area contributed by atoms with Crippen LogP contribution < -0.4 is 4.31 Å². The van der Waals surface area contributed by atoms with E-state index in [4.69, 9.17) is 23.7 Å². The van der Waals surface area contributed by atoms with Gasteiger partial charge >= 0.3 is 5.97 Å². The number of aliphatic hydroxyl groups is 2. The highest BCUT2D eigenvalue weighted by molar-refractivity contribution is 7.92. The minimum absolute atomic E-state index is 0.0291. The predicted molar refractivity (Wildman–Crippen MR) is 206 cm³/mol. The standard InChI is InChI=1S/C42H59NO10S/c1-8-36-26(2)18-20-41(53-36)24-34-23-33(52-41)17-12-28(4)38(49-21-19-30-13-15-32(16-14-30)43(6)54(7,47)48)27(3)10-9-11-31-25-50-39-37(44)29(5)22-35(40(45)51-34)42(31,39)46/h9-16,22,26-27,33-39,44,46H,8,17-21,23-25H2,1-7H3/t26-,27-,33+,34-,35-,36+,37+,38+,39+,41+,42+/m0/s1. The summed E-state index contributed by atoms with van der Waals surface area (Å²) in [5.74, 6) is -2.20. The summed E-state index contributed by atoms with van der Waals surface area (Å²) in [6, 6.07) is 7.43. The van der Waals surface area contributed by atoms with Crippen molar-refractivity contribution < 1.29 is 47.1 Å². The molecule has 12 heteroatoms. The van der Waals surface area contributed by atoms with E-state index in [-0.39, 0.29) is 30.8 Å². The first-order valence-corrected chi connectivity index (χ1v) is 21.3. The van der Waals surface area contributed by atoms with E-state index < -0.39 is 51.6 Å². The average Bonchev–Trinajstić information content (AvgIpc) is 3.47. The Bertz CT molecular complexity index is 1750. The highest BCUT2D eigenvalue weighted by Crippen LogP contribution is 2.47. The fourth-order valence-electron chi connectivity index (χ4n) is 8.82. The second-order valence-corrected chi connectivity index (χ2v) is 18.2. The summed E-state index contributed by atoms with van der Waals surface area (Å²) in [6.45, 7) is 10.7. The fourth-order valence-corrected chi connectivity index (χ4v) is 9.32. The van der Waals surface area contributed by atoms with Crippen molar-refractivity contribution in [3.8, 4) is 0 Å². The number of hydrogen-bond donors (Lipinski definition) is 2. The lowest BCUT2D eigenvalue weighted by atomic mass is 9.71. The SMILES string of the molecule is CC[C@H]1O[C@]2(CC[C@@H]1C)C[C@@H]1C[C@@H](CC=C(C)[C@H](OCCc3ccc(N(C)S(C)(=O)=O)cc3)[C@@H](C)C=CC=C3CO[C@@H]4[C@H](O)C(C)=C[C@@H](C(=O)O1)[C@]34O)O2. The van der Waals surface area contributed by atoms with Gasteiger partial charge in [0.25, 0.3) is 0 Å². The Morgan fingerprint density at radius 2 is 1.81 bits per heavy atom. The molecule has 0 radical (unpaired) electrons. The highest BCUT2D eigenvalue weighted by atomic mass is 32.2. The van der Waals surface area contributed by atoms with Crippen LogP contribution in [0, 0.1) is 17.8 Å². The molecule has 11 nitrogen and oxygen atoms in total. The van der Waals surface area contributed by atoms with Crippen molar-refractivity contribution in [3.05, 3.63) is 76.9 Å². The van der Waals surface area contributed by atoms with Crippen LogP contribution in [0.1, 0.15) is 78.7 Å². The number of fused-ring (bicyclic) bond motifs is 2. The van der Waals surface area contributed by atoms with E-state index in [9.17, 15) is 23.4 Å². The van der Waals surface area contributed by atoms with Crippen LogP contribution in [0.4, 0.5) is 5.69 Å². The molecular formula is C42H59NO10S. The summed E-state index contributed by atoms with van der Waals surface area (Å²) in [7, 11) is -1.82. The van der Waals surface area contributed by atoms with Crippen LogP contribution in [0.2, 0.25) is 0 Å². The number of benzene rings is 1. The third kappa shape index (κ3) is 8.45. The minimum atomic E-state index is -3.36. The molecular weight excluding hydrogens is 711 g/mol. The largest absolute Gasteiger partial charge is 0.462 e. The summed E-state index contributed by atoms with van der Waals surface area (Å²) in [5, 5.41) is 23.4. The van der Waals surface area contributed by atoms with Crippen molar-refractivity contribution in [2.75, 3.05) is 30.8 Å².